The van der Waals surface area contributed by atoms with Gasteiger partial charge in [-0.25, -0.2) is 4.39 Å². The number of rotatable bonds is 3. The van der Waals surface area contributed by atoms with Crippen LogP contribution in [-0.2, 0) is 6.54 Å². The summed E-state index contributed by atoms with van der Waals surface area (Å²) >= 11 is 1.21. The summed E-state index contributed by atoms with van der Waals surface area (Å²) in [6, 6.07) is 7.64. The van der Waals surface area contributed by atoms with Gasteiger partial charge in [0, 0.05) is 12.1 Å². The van der Waals surface area contributed by atoms with Crippen molar-refractivity contribution in [3.05, 3.63) is 63.0 Å². The first-order valence-corrected chi connectivity index (χ1v) is 7.30. The molecule has 2 aromatic heterocycles. The molecule has 2 heterocycles. The second-order valence-corrected chi connectivity index (χ2v) is 5.53. The number of pyridine rings is 1. The van der Waals surface area contributed by atoms with Crippen molar-refractivity contribution in [1.82, 2.24) is 10.3 Å². The third kappa shape index (κ3) is 2.46. The van der Waals surface area contributed by atoms with Crippen LogP contribution in [0.3, 0.4) is 0 Å². The zero-order valence-corrected chi connectivity index (χ0v) is 12.0. The summed E-state index contributed by atoms with van der Waals surface area (Å²) in [6.45, 7) is -0.0765. The average Bonchev–Trinajstić information content (AvgIpc) is 2.95. The number of hydrogen-bond acceptors (Lipinski definition) is 4. The Morgan fingerprint density at radius 1 is 1.32 bits per heavy atom. The molecule has 0 aliphatic rings. The normalized spacial score (nSPS) is 10.8. The summed E-state index contributed by atoms with van der Waals surface area (Å²) in [5, 5.41) is 14.2. The van der Waals surface area contributed by atoms with Crippen molar-refractivity contribution in [1.29, 1.82) is 0 Å². The van der Waals surface area contributed by atoms with E-state index in [0.29, 0.717) is 15.8 Å². The Morgan fingerprint density at radius 2 is 2.09 bits per heavy atom. The van der Waals surface area contributed by atoms with Crippen molar-refractivity contribution in [2.75, 3.05) is 0 Å². The predicted molar refractivity (Wildman–Crippen MR) is 81.7 cm³/mol. The molecule has 112 valence electrons. The van der Waals surface area contributed by atoms with E-state index >= 15 is 0 Å². The van der Waals surface area contributed by atoms with Gasteiger partial charge in [-0.1, -0.05) is 18.2 Å². The van der Waals surface area contributed by atoms with E-state index in [4.69, 9.17) is 0 Å². The third-order valence-corrected chi connectivity index (χ3v) is 4.14. The van der Waals surface area contributed by atoms with Crippen LogP contribution in [0.5, 0.6) is 5.75 Å². The Labute approximate surface area is 128 Å². The van der Waals surface area contributed by atoms with E-state index < -0.39 is 17.3 Å². The lowest BCUT2D eigenvalue weighted by Crippen LogP contribution is -2.29. The highest BCUT2D eigenvalue weighted by molar-refractivity contribution is 7.17. The van der Waals surface area contributed by atoms with Gasteiger partial charge in [0.05, 0.1) is 10.2 Å². The summed E-state index contributed by atoms with van der Waals surface area (Å²) in [5.74, 6) is -1.56. The molecule has 3 rings (SSSR count). The maximum absolute atomic E-state index is 13.5. The lowest BCUT2D eigenvalue weighted by Gasteiger charge is -2.07. The van der Waals surface area contributed by atoms with E-state index in [1.165, 1.54) is 23.5 Å². The van der Waals surface area contributed by atoms with Gasteiger partial charge in [-0.15, -0.1) is 11.3 Å². The second kappa shape index (κ2) is 5.61. The summed E-state index contributed by atoms with van der Waals surface area (Å²) in [5.41, 5.74) is -0.289. The summed E-state index contributed by atoms with van der Waals surface area (Å²) in [4.78, 5) is 26.6. The van der Waals surface area contributed by atoms with E-state index in [1.54, 1.807) is 23.6 Å². The first-order chi connectivity index (χ1) is 10.6. The molecule has 0 unspecified atom stereocenters. The second-order valence-electron chi connectivity index (χ2n) is 4.62. The number of amides is 1. The SMILES string of the molecule is O=C(NCc1ccccc1F)c1c(O)c2sccc2[nH]c1=O. The van der Waals surface area contributed by atoms with Gasteiger partial charge >= 0.3 is 0 Å². The average molecular weight is 318 g/mol. The fourth-order valence-electron chi connectivity index (χ4n) is 2.11. The van der Waals surface area contributed by atoms with E-state index in [2.05, 4.69) is 10.3 Å². The molecule has 3 aromatic rings. The topological polar surface area (TPSA) is 82.2 Å². The van der Waals surface area contributed by atoms with Crippen molar-refractivity contribution in [3.63, 3.8) is 0 Å². The van der Waals surface area contributed by atoms with Crippen molar-refractivity contribution in [2.45, 2.75) is 6.54 Å². The highest BCUT2D eigenvalue weighted by atomic mass is 32.1. The highest BCUT2D eigenvalue weighted by Crippen LogP contribution is 2.29. The number of aromatic hydroxyl groups is 1. The Morgan fingerprint density at radius 3 is 2.86 bits per heavy atom. The minimum atomic E-state index is -0.752. The number of H-pyrrole nitrogens is 1. The molecule has 0 fully saturated rings. The van der Waals surface area contributed by atoms with Crippen molar-refractivity contribution in [2.24, 2.45) is 0 Å². The van der Waals surface area contributed by atoms with Crippen LogP contribution in [0.15, 0.2) is 40.5 Å². The molecule has 0 aliphatic carbocycles. The molecule has 0 saturated carbocycles. The quantitative estimate of drug-likeness (QED) is 0.693. The van der Waals surface area contributed by atoms with Crippen LogP contribution in [0.4, 0.5) is 4.39 Å². The lowest BCUT2D eigenvalue weighted by atomic mass is 10.2. The third-order valence-electron chi connectivity index (χ3n) is 3.22. The Balaban J connectivity index is 1.89. The fraction of sp³-hybridized carbons (Fsp3) is 0.0667. The van der Waals surface area contributed by atoms with E-state index in [-0.39, 0.29) is 17.9 Å². The zero-order valence-electron chi connectivity index (χ0n) is 11.2. The molecule has 7 heteroatoms. The molecular formula is C15H11FN2O3S. The number of aromatic nitrogens is 1. The van der Waals surface area contributed by atoms with Gasteiger partial charge in [-0.05, 0) is 17.5 Å². The number of hydrogen-bond donors (Lipinski definition) is 3. The van der Waals surface area contributed by atoms with E-state index in [9.17, 15) is 19.1 Å². The highest BCUT2D eigenvalue weighted by Gasteiger charge is 2.19. The molecule has 3 N–H and O–H groups in total. The molecule has 0 aliphatic heterocycles. The van der Waals surface area contributed by atoms with Gasteiger partial charge in [-0.3, -0.25) is 9.59 Å². The number of thiophene rings is 1. The minimum absolute atomic E-state index is 0.0765. The number of fused-ring (bicyclic) bond motifs is 1. The van der Waals surface area contributed by atoms with Gasteiger partial charge in [0.1, 0.15) is 11.4 Å². The molecule has 1 aromatic carbocycles. The van der Waals surface area contributed by atoms with Gasteiger partial charge in [0.15, 0.2) is 5.75 Å². The maximum atomic E-state index is 13.5. The van der Waals surface area contributed by atoms with Gasteiger partial charge < -0.3 is 15.4 Å². The largest absolute Gasteiger partial charge is 0.505 e. The number of carbonyl (C=O) groups is 1. The molecular weight excluding hydrogens is 307 g/mol. The van der Waals surface area contributed by atoms with Gasteiger partial charge in [0.25, 0.3) is 11.5 Å². The maximum Gasteiger partial charge on any atom is 0.265 e. The monoisotopic (exact) mass is 318 g/mol. The molecule has 1 amide bonds. The van der Waals surface area contributed by atoms with Crippen molar-refractivity contribution >= 4 is 27.5 Å². The molecule has 0 radical (unpaired) electrons. The summed E-state index contributed by atoms with van der Waals surface area (Å²) < 4.78 is 13.9. The number of carbonyl (C=O) groups excluding carboxylic acids is 1. The number of benzene rings is 1. The molecule has 0 bridgehead atoms. The smallest absolute Gasteiger partial charge is 0.265 e. The lowest BCUT2D eigenvalue weighted by molar-refractivity contribution is 0.0946. The van der Waals surface area contributed by atoms with Crippen molar-refractivity contribution < 1.29 is 14.3 Å². The van der Waals surface area contributed by atoms with Crippen LogP contribution in [0.25, 0.3) is 10.2 Å². The van der Waals surface area contributed by atoms with Crippen LogP contribution in [-0.4, -0.2) is 16.0 Å². The standard InChI is InChI=1S/C15H11FN2O3S/c16-9-4-2-1-3-8(9)7-17-14(20)11-12(19)13-10(5-6-22-13)18-15(11)21/h1-6H,7H2,(H,17,20)(H2,18,19,21). The predicted octanol–water partition coefficient (Wildman–Crippen LogP) is 2.36. The Hall–Kier alpha value is -2.67. The van der Waals surface area contributed by atoms with E-state index in [0.717, 1.165) is 0 Å². The van der Waals surface area contributed by atoms with Gasteiger partial charge in [-0.2, -0.15) is 0 Å². The minimum Gasteiger partial charge on any atom is -0.505 e. The molecule has 5 nitrogen and oxygen atoms in total. The Kier molecular flexibility index (Phi) is 3.64. The fourth-order valence-corrected chi connectivity index (χ4v) is 2.91. The molecule has 22 heavy (non-hydrogen) atoms. The van der Waals surface area contributed by atoms with Crippen molar-refractivity contribution in [3.8, 4) is 5.75 Å². The zero-order chi connectivity index (χ0) is 15.7. The van der Waals surface area contributed by atoms with Gasteiger partial charge in [0.2, 0.25) is 0 Å². The Bertz CT molecular complexity index is 917. The van der Waals surface area contributed by atoms with E-state index in [1.807, 2.05) is 0 Å². The molecule has 0 saturated heterocycles. The number of aromatic amines is 1. The molecule has 0 atom stereocenters. The van der Waals surface area contributed by atoms with Crippen LogP contribution < -0.4 is 10.9 Å². The first kappa shape index (κ1) is 14.3. The van der Waals surface area contributed by atoms with Crippen LogP contribution in [0.2, 0.25) is 0 Å². The van der Waals surface area contributed by atoms with Crippen LogP contribution in [0, 0.1) is 5.82 Å². The molecule has 0 spiro atoms. The first-order valence-electron chi connectivity index (χ1n) is 6.42. The van der Waals surface area contributed by atoms with Crippen LogP contribution >= 0.6 is 11.3 Å². The number of halogens is 1. The number of nitrogens with one attached hydrogen (secondary N) is 2. The summed E-state index contributed by atoms with van der Waals surface area (Å²) in [7, 11) is 0. The van der Waals surface area contributed by atoms with Crippen LogP contribution in [0.1, 0.15) is 15.9 Å². The summed E-state index contributed by atoms with van der Waals surface area (Å²) in [6.07, 6.45) is 0.